The number of benzene rings is 1. The highest BCUT2D eigenvalue weighted by Gasteiger charge is 2.55. The van der Waals surface area contributed by atoms with E-state index in [4.69, 9.17) is 13.9 Å². The predicted molar refractivity (Wildman–Crippen MR) is 146 cm³/mol. The molecule has 40 heavy (non-hydrogen) atoms. The monoisotopic (exact) mass is 552 g/mol. The van der Waals surface area contributed by atoms with E-state index in [-0.39, 0.29) is 36.4 Å². The molecule has 0 radical (unpaired) electrons. The lowest BCUT2D eigenvalue weighted by Crippen LogP contribution is -2.52. The van der Waals surface area contributed by atoms with Gasteiger partial charge in [0.1, 0.15) is 18.1 Å². The SMILES string of the molecule is CC(C)(CC(C#N)C(=O)N1C[C@@H]2C[C@@H]2[C@@H]1COC(=O)N[C@@H](Cc1coc2ccccc12)B(O)O)N1CCOCC1. The molecule has 1 aliphatic carbocycles. The van der Waals surface area contributed by atoms with Crippen molar-refractivity contribution >= 4 is 30.1 Å². The fourth-order valence-electron chi connectivity index (χ4n) is 6.24. The van der Waals surface area contributed by atoms with Crippen LogP contribution in [0.1, 0.15) is 32.3 Å². The zero-order valence-corrected chi connectivity index (χ0v) is 23.0. The molecule has 3 aliphatic rings. The molecule has 2 aliphatic heterocycles. The summed E-state index contributed by atoms with van der Waals surface area (Å²) in [6.45, 7) is 7.45. The van der Waals surface area contributed by atoms with Crippen LogP contribution in [0.15, 0.2) is 34.9 Å². The second-order valence-electron chi connectivity index (χ2n) is 11.7. The number of carbonyl (C=O) groups excluding carboxylic acids is 2. The molecule has 2 saturated heterocycles. The number of furan rings is 1. The molecule has 3 N–H and O–H groups in total. The normalized spacial score (nSPS) is 24.2. The van der Waals surface area contributed by atoms with E-state index in [9.17, 15) is 24.9 Å². The van der Waals surface area contributed by atoms with Crippen molar-refractivity contribution in [1.29, 1.82) is 5.26 Å². The first-order chi connectivity index (χ1) is 19.2. The number of nitriles is 1. The Morgan fingerprint density at radius 3 is 2.75 bits per heavy atom. The summed E-state index contributed by atoms with van der Waals surface area (Å²) in [5, 5.41) is 33.1. The van der Waals surface area contributed by atoms with Gasteiger partial charge in [0.2, 0.25) is 5.91 Å². The highest BCUT2D eigenvalue weighted by molar-refractivity contribution is 6.43. The van der Waals surface area contributed by atoms with E-state index in [0.29, 0.717) is 37.7 Å². The minimum absolute atomic E-state index is 0.0212. The number of hydrogen-bond donors (Lipinski definition) is 3. The number of alkyl carbamates (subject to hydrolysis) is 1. The number of nitrogens with zero attached hydrogens (tertiary/aromatic N) is 3. The second-order valence-corrected chi connectivity index (χ2v) is 11.7. The van der Waals surface area contributed by atoms with E-state index >= 15 is 0 Å². The molecule has 214 valence electrons. The van der Waals surface area contributed by atoms with Crippen LogP contribution in [0.5, 0.6) is 0 Å². The number of ether oxygens (including phenoxy) is 2. The van der Waals surface area contributed by atoms with Crippen LogP contribution in [0.3, 0.4) is 0 Å². The van der Waals surface area contributed by atoms with Crippen LogP contribution >= 0.6 is 0 Å². The van der Waals surface area contributed by atoms with Crippen molar-refractivity contribution in [3.8, 4) is 6.07 Å². The van der Waals surface area contributed by atoms with Gasteiger partial charge in [0.05, 0.1) is 37.5 Å². The number of likely N-dealkylation sites (tertiary alicyclic amines) is 1. The zero-order valence-electron chi connectivity index (χ0n) is 23.0. The van der Waals surface area contributed by atoms with Crippen molar-refractivity contribution in [2.45, 2.75) is 50.6 Å². The number of nitrogens with one attached hydrogen (secondary N) is 1. The minimum atomic E-state index is -1.82. The van der Waals surface area contributed by atoms with E-state index in [1.54, 1.807) is 4.90 Å². The molecule has 12 heteroatoms. The Bertz CT molecular complexity index is 1250. The zero-order chi connectivity index (χ0) is 28.4. The Morgan fingerprint density at radius 1 is 1.27 bits per heavy atom. The van der Waals surface area contributed by atoms with Crippen molar-refractivity contribution in [2.75, 3.05) is 39.5 Å². The van der Waals surface area contributed by atoms with Gasteiger partial charge in [0.25, 0.3) is 0 Å². The molecule has 3 heterocycles. The molecule has 11 nitrogen and oxygen atoms in total. The van der Waals surface area contributed by atoms with Crippen LogP contribution in [-0.4, -0.2) is 95.9 Å². The smallest absolute Gasteiger partial charge is 0.464 e. The summed E-state index contributed by atoms with van der Waals surface area (Å²) in [7, 11) is -1.82. The minimum Gasteiger partial charge on any atom is -0.464 e. The topological polar surface area (TPSA) is 148 Å². The number of carbonyl (C=O) groups is 2. The summed E-state index contributed by atoms with van der Waals surface area (Å²) >= 11 is 0. The lowest BCUT2D eigenvalue weighted by Gasteiger charge is -2.42. The van der Waals surface area contributed by atoms with E-state index in [0.717, 1.165) is 30.5 Å². The van der Waals surface area contributed by atoms with Crippen molar-refractivity contribution in [3.63, 3.8) is 0 Å². The predicted octanol–water partition coefficient (Wildman–Crippen LogP) is 1.57. The molecular formula is C28H37BN4O7. The molecule has 0 spiro atoms. The number of piperidine rings is 1. The third kappa shape index (κ3) is 6.13. The quantitative estimate of drug-likeness (QED) is 0.374. The van der Waals surface area contributed by atoms with Gasteiger partial charge in [-0.05, 0) is 56.6 Å². The average molecular weight is 552 g/mol. The first-order valence-corrected chi connectivity index (χ1v) is 14.0. The second kappa shape index (κ2) is 11.8. The highest BCUT2D eigenvalue weighted by atomic mass is 16.5. The van der Waals surface area contributed by atoms with Crippen LogP contribution < -0.4 is 5.32 Å². The summed E-state index contributed by atoms with van der Waals surface area (Å²) in [6, 6.07) is 9.29. The molecular weight excluding hydrogens is 515 g/mol. The third-order valence-electron chi connectivity index (χ3n) is 8.66. The van der Waals surface area contributed by atoms with Crippen LogP contribution in [0.2, 0.25) is 0 Å². The van der Waals surface area contributed by atoms with Crippen LogP contribution in [0.25, 0.3) is 11.0 Å². The lowest BCUT2D eigenvalue weighted by atomic mass is 9.76. The Kier molecular flexibility index (Phi) is 8.38. The molecule has 0 bridgehead atoms. The first-order valence-electron chi connectivity index (χ1n) is 14.0. The Hall–Kier alpha value is -3.11. The van der Waals surface area contributed by atoms with Crippen LogP contribution in [0, 0.1) is 29.1 Å². The number of amides is 2. The number of para-hydroxylation sites is 1. The molecule has 5 atom stereocenters. The van der Waals surface area contributed by atoms with Gasteiger partial charge in [-0.15, -0.1) is 0 Å². The Balaban J connectivity index is 1.18. The lowest BCUT2D eigenvalue weighted by molar-refractivity contribution is -0.137. The van der Waals surface area contributed by atoms with Gasteiger partial charge in [-0.3, -0.25) is 9.69 Å². The fraction of sp³-hybridized carbons (Fsp3) is 0.607. The van der Waals surface area contributed by atoms with Gasteiger partial charge in [-0.25, -0.2) is 4.79 Å². The summed E-state index contributed by atoms with van der Waals surface area (Å²) in [6.07, 6.45) is 2.23. The largest absolute Gasteiger partial charge is 0.475 e. The number of fused-ring (bicyclic) bond motifs is 2. The molecule has 3 fully saturated rings. The van der Waals surface area contributed by atoms with E-state index in [1.165, 1.54) is 6.26 Å². The Morgan fingerprint density at radius 2 is 2.02 bits per heavy atom. The molecule has 2 amide bonds. The first kappa shape index (κ1) is 28.4. The van der Waals surface area contributed by atoms with Gasteiger partial charge in [-0.1, -0.05) is 18.2 Å². The summed E-state index contributed by atoms with van der Waals surface area (Å²) in [4.78, 5) is 30.2. The van der Waals surface area contributed by atoms with Crippen molar-refractivity contribution in [2.24, 2.45) is 17.8 Å². The van der Waals surface area contributed by atoms with Crippen molar-refractivity contribution in [1.82, 2.24) is 15.1 Å². The fourth-order valence-corrected chi connectivity index (χ4v) is 6.24. The van der Waals surface area contributed by atoms with E-state index in [2.05, 4.69) is 30.1 Å². The standard InChI is InChI=1S/C28H37BN4O7/c1-28(2,32-7-9-38-10-8-32)13-20(14-30)26(34)33-15-18-11-22(18)23(33)17-40-27(35)31-25(29(36)37)12-19-16-39-24-6-4-3-5-21(19)24/h3-6,16,18,20,22-23,25,36-37H,7-13,15,17H2,1-2H3,(H,31,35)/t18-,20?,22-,23-,25-/m0/s1. The number of hydrogen-bond acceptors (Lipinski definition) is 9. The molecule has 1 aromatic heterocycles. The third-order valence-corrected chi connectivity index (χ3v) is 8.66. The number of morpholine rings is 1. The molecule has 1 aromatic carbocycles. The maximum atomic E-state index is 13.5. The highest BCUT2D eigenvalue weighted by Crippen LogP contribution is 2.50. The van der Waals surface area contributed by atoms with Crippen molar-refractivity contribution in [3.05, 3.63) is 36.1 Å². The maximum absolute atomic E-state index is 13.5. The molecule has 5 rings (SSSR count). The van der Waals surface area contributed by atoms with Gasteiger partial charge in [-0.2, -0.15) is 5.26 Å². The van der Waals surface area contributed by atoms with E-state index < -0.39 is 25.1 Å². The summed E-state index contributed by atoms with van der Waals surface area (Å²) in [5.74, 6) is -1.45. The van der Waals surface area contributed by atoms with Crippen molar-refractivity contribution < 1.29 is 33.5 Å². The Labute approximate surface area is 234 Å². The van der Waals surface area contributed by atoms with Gasteiger partial charge in [0, 0.05) is 30.6 Å². The average Bonchev–Trinajstić information content (AvgIpc) is 3.45. The molecule has 1 unspecified atom stereocenters. The van der Waals surface area contributed by atoms with E-state index in [1.807, 2.05) is 24.3 Å². The molecule has 1 saturated carbocycles. The molecule has 2 aromatic rings. The van der Waals surface area contributed by atoms with Gasteiger partial charge < -0.3 is 34.2 Å². The van der Waals surface area contributed by atoms with Gasteiger partial charge >= 0.3 is 13.2 Å². The summed E-state index contributed by atoms with van der Waals surface area (Å²) < 4.78 is 16.5. The van der Waals surface area contributed by atoms with Crippen LogP contribution in [0.4, 0.5) is 4.79 Å². The number of rotatable bonds is 10. The van der Waals surface area contributed by atoms with Gasteiger partial charge in [0.15, 0.2) is 0 Å². The maximum Gasteiger partial charge on any atom is 0.475 e. The van der Waals surface area contributed by atoms with Crippen LogP contribution in [-0.2, 0) is 20.7 Å². The summed E-state index contributed by atoms with van der Waals surface area (Å²) in [5.41, 5.74) is 1.06.